The number of benzene rings is 1. The lowest BCUT2D eigenvalue weighted by Gasteiger charge is -2.30. The molecule has 0 spiro atoms. The topological polar surface area (TPSA) is 282 Å². The van der Waals surface area contributed by atoms with E-state index in [-0.39, 0.29) is 34.7 Å². The first kappa shape index (κ1) is 29.9. The highest BCUT2D eigenvalue weighted by atomic mass is 31.2. The van der Waals surface area contributed by atoms with E-state index in [9.17, 15) is 34.2 Å². The van der Waals surface area contributed by atoms with Crippen LogP contribution in [0.2, 0.25) is 0 Å². The molecule has 2 aliphatic heterocycles. The summed E-state index contributed by atoms with van der Waals surface area (Å²) in [5.41, 5.74) is 5.13. The molecular weight excluding hydrogens is 601 g/mol. The molecule has 5 N–H and O–H groups in total. The summed E-state index contributed by atoms with van der Waals surface area (Å²) >= 11 is 0. The Hall–Kier alpha value is -4.59. The number of rotatable bonds is 10. The van der Waals surface area contributed by atoms with Crippen LogP contribution < -0.4 is 5.73 Å². The minimum absolute atomic E-state index is 0.107. The number of aromatic nitrogens is 4. The number of nitrogen functional groups attached to an aromatic ring is 1. The Balaban J connectivity index is 1.30. The van der Waals surface area contributed by atoms with Gasteiger partial charge in [-0.3, -0.25) is 42.6 Å². The number of imidazole rings is 1. The van der Waals surface area contributed by atoms with E-state index in [1.165, 1.54) is 17.2 Å². The summed E-state index contributed by atoms with van der Waals surface area (Å²) < 4.78 is 36.5. The third kappa shape index (κ3) is 6.00. The first-order valence-electron chi connectivity index (χ1n) is 12.2. The number of carboxylic acids is 2. The predicted molar refractivity (Wildman–Crippen MR) is 137 cm³/mol. The normalized spacial score (nSPS) is 24.9. The second-order valence-corrected chi connectivity index (χ2v) is 10.9. The largest absolute Gasteiger partial charge is 0.480 e. The number of nitro benzene ring substituents is 1. The van der Waals surface area contributed by atoms with Gasteiger partial charge >= 0.3 is 19.8 Å². The molecule has 43 heavy (non-hydrogen) atoms. The van der Waals surface area contributed by atoms with Gasteiger partial charge in [0.2, 0.25) is 0 Å². The van der Waals surface area contributed by atoms with Crippen LogP contribution in [0.25, 0.3) is 11.2 Å². The molecule has 5 rings (SSSR count). The Bertz CT molecular complexity index is 1650. The van der Waals surface area contributed by atoms with Crippen molar-refractivity contribution in [2.75, 3.05) is 25.4 Å². The number of phosphoric acid groups is 1. The summed E-state index contributed by atoms with van der Waals surface area (Å²) in [6, 6.07) is 2.98. The van der Waals surface area contributed by atoms with Crippen molar-refractivity contribution in [3.8, 4) is 0 Å². The van der Waals surface area contributed by atoms with Gasteiger partial charge < -0.3 is 30.7 Å². The van der Waals surface area contributed by atoms with E-state index in [1.54, 1.807) is 0 Å². The average molecular weight is 623 g/mol. The van der Waals surface area contributed by atoms with Gasteiger partial charge in [-0.25, -0.2) is 19.5 Å². The number of carbonyl (C=O) groups is 3. The van der Waals surface area contributed by atoms with Gasteiger partial charge in [-0.1, -0.05) is 0 Å². The molecule has 0 bridgehead atoms. The summed E-state index contributed by atoms with van der Waals surface area (Å²) in [7, 11) is -4.41. The van der Waals surface area contributed by atoms with E-state index in [0.29, 0.717) is 4.90 Å². The van der Waals surface area contributed by atoms with Gasteiger partial charge in [-0.05, 0) is 12.1 Å². The first-order chi connectivity index (χ1) is 20.4. The van der Waals surface area contributed by atoms with E-state index in [2.05, 4.69) is 15.0 Å². The van der Waals surface area contributed by atoms with Gasteiger partial charge in [0.25, 0.3) is 11.6 Å². The van der Waals surface area contributed by atoms with Gasteiger partial charge in [0.05, 0.1) is 30.0 Å². The molecule has 0 radical (unpaired) electrons. The van der Waals surface area contributed by atoms with E-state index >= 15 is 0 Å². The van der Waals surface area contributed by atoms with Crippen molar-refractivity contribution in [2.24, 2.45) is 0 Å². The molecule has 1 aromatic carbocycles. The van der Waals surface area contributed by atoms with E-state index in [0.717, 1.165) is 18.2 Å². The Morgan fingerprint density at radius 2 is 1.93 bits per heavy atom. The van der Waals surface area contributed by atoms with Crippen LogP contribution in [0.4, 0.5) is 11.5 Å². The highest BCUT2D eigenvalue weighted by Crippen LogP contribution is 2.57. The predicted octanol–water partition coefficient (Wildman–Crippen LogP) is -0.0733. The van der Waals surface area contributed by atoms with Crippen molar-refractivity contribution in [2.45, 2.75) is 31.1 Å². The fourth-order valence-corrected chi connectivity index (χ4v) is 5.91. The zero-order valence-electron chi connectivity index (χ0n) is 21.7. The van der Waals surface area contributed by atoms with Crippen molar-refractivity contribution in [1.29, 1.82) is 0 Å². The number of hydrogen-bond donors (Lipinski definition) is 4. The van der Waals surface area contributed by atoms with E-state index < -0.39 is 80.5 Å². The lowest BCUT2D eigenvalue weighted by Crippen LogP contribution is -2.39. The van der Waals surface area contributed by atoms with Crippen LogP contribution in [0.3, 0.4) is 0 Å². The number of nitrogens with zero attached hydrogens (tertiary/aromatic N) is 6. The molecule has 1 amide bonds. The molecule has 4 heterocycles. The number of carboxylic acid groups (broad SMARTS) is 2. The molecule has 3 aromatic rings. The lowest BCUT2D eigenvalue weighted by molar-refractivity contribution is -0.385. The average Bonchev–Trinajstić information content (AvgIpc) is 3.52. The standard InChI is InChI=1S/C22H22N7O13P/c23-19-16-20(25-8-24-19)28(9-26-16)22-17(34)18-13(41-22)7-40-43(38,42-18)39-6-11-2-1-10(3-12(11)29(36)37)21(35)27(4-14(30)31)5-15(32)33/h1-3,8-9,13,17-18,22,34H,4-7H2,(H,30,31)(H,32,33)(H2,23,24,25)/t13-,17-,18-,22-,43?/m1/s1. The number of nitrogens with two attached hydrogens (primary N) is 1. The second kappa shape index (κ2) is 11.6. The van der Waals surface area contributed by atoms with E-state index in [4.69, 9.17) is 34.3 Å². The van der Waals surface area contributed by atoms with Gasteiger partial charge in [0.1, 0.15) is 43.2 Å². The summed E-state index contributed by atoms with van der Waals surface area (Å²) in [5, 5.41) is 40.7. The molecule has 2 saturated heterocycles. The van der Waals surface area contributed by atoms with Crippen LogP contribution in [0.1, 0.15) is 22.1 Å². The van der Waals surface area contributed by atoms with Gasteiger partial charge in [-0.2, -0.15) is 0 Å². The van der Waals surface area contributed by atoms with Crippen LogP contribution in [0.5, 0.6) is 0 Å². The van der Waals surface area contributed by atoms with Gasteiger partial charge in [0.15, 0.2) is 17.7 Å². The van der Waals surface area contributed by atoms with Gasteiger partial charge in [-0.15, -0.1) is 0 Å². The lowest BCUT2D eigenvalue weighted by atomic mass is 10.1. The number of phosphoric ester groups is 1. The fourth-order valence-electron chi connectivity index (χ4n) is 4.53. The van der Waals surface area contributed by atoms with E-state index in [1.807, 2.05) is 0 Å². The first-order valence-corrected chi connectivity index (χ1v) is 13.7. The molecule has 2 aromatic heterocycles. The highest BCUT2D eigenvalue weighted by Gasteiger charge is 2.53. The second-order valence-electron chi connectivity index (χ2n) is 9.27. The van der Waals surface area contributed by atoms with Crippen LogP contribution >= 0.6 is 7.82 Å². The number of aliphatic hydroxyl groups is 1. The SMILES string of the molecule is Nc1ncnc2c1ncn2[C@@H]1O[C@@H]2COP(=O)(OCc3ccc(C(=O)N(CC(=O)O)CC(=O)O)cc3[N+](=O)[O-])O[C@H]2[C@H]1O. The van der Waals surface area contributed by atoms with Crippen molar-refractivity contribution in [3.63, 3.8) is 0 Å². The third-order valence-electron chi connectivity index (χ3n) is 6.46. The van der Waals surface area contributed by atoms with Gasteiger partial charge in [0, 0.05) is 11.6 Å². The minimum atomic E-state index is -4.41. The fraction of sp³-hybridized carbons (Fsp3) is 0.364. The molecule has 2 aliphatic rings. The van der Waals surface area contributed by atoms with Crippen LogP contribution in [-0.2, 0) is 39.1 Å². The van der Waals surface area contributed by atoms with Crippen molar-refractivity contribution >= 4 is 48.3 Å². The smallest absolute Gasteiger partial charge is 0.475 e. The van der Waals surface area contributed by atoms with Crippen molar-refractivity contribution in [1.82, 2.24) is 24.4 Å². The number of fused-ring (bicyclic) bond motifs is 2. The van der Waals surface area contributed by atoms with Crippen LogP contribution in [0, 0.1) is 10.1 Å². The summed E-state index contributed by atoms with van der Waals surface area (Å²) in [6.45, 7) is -2.95. The zero-order valence-corrected chi connectivity index (χ0v) is 22.6. The molecule has 1 unspecified atom stereocenters. The summed E-state index contributed by atoms with van der Waals surface area (Å²) in [6.07, 6.45) is -2.05. The Labute approximate surface area is 239 Å². The Morgan fingerprint density at radius 1 is 1.21 bits per heavy atom. The van der Waals surface area contributed by atoms with Crippen molar-refractivity contribution in [3.05, 3.63) is 52.1 Å². The number of ether oxygens (including phenoxy) is 1. The molecule has 2 fully saturated rings. The Kier molecular flexibility index (Phi) is 8.06. The summed E-state index contributed by atoms with van der Waals surface area (Å²) in [5.74, 6) is -3.96. The maximum Gasteiger partial charge on any atom is 0.475 e. The maximum absolute atomic E-state index is 13.3. The molecular formula is C22H22N7O13P. The molecule has 228 valence electrons. The number of aliphatic hydroxyl groups excluding tert-OH is 1. The Morgan fingerprint density at radius 3 is 2.60 bits per heavy atom. The van der Waals surface area contributed by atoms with Crippen LogP contribution in [-0.4, -0.2) is 101 Å². The summed E-state index contributed by atoms with van der Waals surface area (Å²) in [4.78, 5) is 58.2. The third-order valence-corrected chi connectivity index (χ3v) is 7.88. The number of hydrogen-bond acceptors (Lipinski definition) is 15. The number of carbonyl (C=O) groups excluding carboxylic acids is 1. The zero-order chi connectivity index (χ0) is 31.1. The number of nitro groups is 1. The van der Waals surface area contributed by atoms with Crippen molar-refractivity contribution < 1.29 is 57.5 Å². The number of amides is 1. The molecule has 20 nitrogen and oxygen atoms in total. The monoisotopic (exact) mass is 623 g/mol. The quantitative estimate of drug-likeness (QED) is 0.130. The molecule has 0 aliphatic carbocycles. The maximum atomic E-state index is 13.3. The highest BCUT2D eigenvalue weighted by molar-refractivity contribution is 7.48. The number of aliphatic carboxylic acids is 2. The van der Waals surface area contributed by atoms with Crippen LogP contribution in [0.15, 0.2) is 30.9 Å². The molecule has 0 saturated carbocycles. The minimum Gasteiger partial charge on any atom is -0.480 e. The molecule has 5 atom stereocenters. The number of anilines is 1. The molecule has 21 heteroatoms.